The van der Waals surface area contributed by atoms with Crippen LogP contribution >= 0.6 is 23.2 Å². The number of carboxylic acid groups (broad SMARTS) is 1. The van der Waals surface area contributed by atoms with E-state index in [0.29, 0.717) is 12.8 Å². The lowest BCUT2D eigenvalue weighted by atomic mass is 9.82. The molecular weight excluding hydrogens is 319 g/mol. The van der Waals surface area contributed by atoms with Crippen LogP contribution in [0, 0.1) is 15.5 Å². The van der Waals surface area contributed by atoms with Gasteiger partial charge in [0.05, 0.1) is 20.4 Å². The number of nitro groups is 1. The Morgan fingerprint density at radius 1 is 1.33 bits per heavy atom. The largest absolute Gasteiger partial charge is 0.481 e. The summed E-state index contributed by atoms with van der Waals surface area (Å²) >= 11 is 11.6. The Bertz CT molecular complexity index is 559. The number of anilines is 1. The van der Waals surface area contributed by atoms with Crippen molar-refractivity contribution in [1.29, 1.82) is 0 Å². The maximum atomic E-state index is 11.4. The van der Waals surface area contributed by atoms with Crippen molar-refractivity contribution in [2.24, 2.45) is 5.41 Å². The third-order valence-corrected chi connectivity index (χ3v) is 4.38. The van der Waals surface area contributed by atoms with Crippen molar-refractivity contribution >= 4 is 40.5 Å². The fraction of sp³-hybridized carbons (Fsp3) is 0.462. The van der Waals surface area contributed by atoms with Gasteiger partial charge in [0.15, 0.2) is 0 Å². The molecule has 0 spiro atoms. The zero-order valence-electron chi connectivity index (χ0n) is 11.7. The summed E-state index contributed by atoms with van der Waals surface area (Å²) in [6.07, 6.45) is 0.807. The van der Waals surface area contributed by atoms with Crippen molar-refractivity contribution in [3.05, 3.63) is 32.3 Å². The number of nitro benzene ring substituents is 1. The van der Waals surface area contributed by atoms with Gasteiger partial charge in [0.2, 0.25) is 0 Å². The first kappa shape index (κ1) is 17.5. The lowest BCUT2D eigenvalue weighted by molar-refractivity contribution is -0.384. The first-order valence-electron chi connectivity index (χ1n) is 6.38. The number of rotatable bonds is 7. The second-order valence-corrected chi connectivity index (χ2v) is 5.50. The Balaban J connectivity index is 3.10. The van der Waals surface area contributed by atoms with Crippen LogP contribution in [0.1, 0.15) is 26.7 Å². The van der Waals surface area contributed by atoms with Gasteiger partial charge in [-0.25, -0.2) is 0 Å². The predicted octanol–water partition coefficient (Wildman–Crippen LogP) is 4.20. The molecule has 0 heterocycles. The third kappa shape index (κ3) is 3.77. The van der Waals surface area contributed by atoms with Gasteiger partial charge in [0.25, 0.3) is 5.69 Å². The summed E-state index contributed by atoms with van der Waals surface area (Å²) in [7, 11) is 0. The Morgan fingerprint density at radius 3 is 2.29 bits per heavy atom. The van der Waals surface area contributed by atoms with Gasteiger partial charge in [-0.2, -0.15) is 0 Å². The van der Waals surface area contributed by atoms with Gasteiger partial charge in [-0.1, -0.05) is 37.0 Å². The summed E-state index contributed by atoms with van der Waals surface area (Å²) < 4.78 is 0. The van der Waals surface area contributed by atoms with E-state index in [1.54, 1.807) is 13.8 Å². The Kier molecular flexibility index (Phi) is 5.80. The van der Waals surface area contributed by atoms with E-state index in [0.717, 1.165) is 6.07 Å². The number of halogens is 2. The van der Waals surface area contributed by atoms with Gasteiger partial charge in [0.1, 0.15) is 5.69 Å². The van der Waals surface area contributed by atoms with Crippen molar-refractivity contribution in [2.45, 2.75) is 26.7 Å². The molecule has 21 heavy (non-hydrogen) atoms. The summed E-state index contributed by atoms with van der Waals surface area (Å²) in [5, 5.41) is 23.4. The summed E-state index contributed by atoms with van der Waals surface area (Å²) in [6.45, 7) is 3.60. The highest BCUT2D eigenvalue weighted by Crippen LogP contribution is 2.35. The van der Waals surface area contributed by atoms with Gasteiger partial charge in [-0.3, -0.25) is 14.9 Å². The van der Waals surface area contributed by atoms with E-state index in [4.69, 9.17) is 23.2 Å². The molecule has 0 unspecified atom stereocenters. The lowest BCUT2D eigenvalue weighted by Crippen LogP contribution is -2.37. The average molecular weight is 335 g/mol. The van der Waals surface area contributed by atoms with Crippen LogP contribution < -0.4 is 5.32 Å². The normalized spacial score (nSPS) is 11.2. The maximum absolute atomic E-state index is 11.4. The number of carboxylic acids is 1. The first-order chi connectivity index (χ1) is 9.77. The molecule has 0 aliphatic heterocycles. The van der Waals surface area contributed by atoms with Crippen LogP contribution in [0.3, 0.4) is 0 Å². The molecule has 6 nitrogen and oxygen atoms in total. The van der Waals surface area contributed by atoms with E-state index in [1.165, 1.54) is 6.07 Å². The quantitative estimate of drug-likeness (QED) is 0.575. The molecule has 0 aliphatic carbocycles. The third-order valence-electron chi connectivity index (χ3n) is 3.66. The second-order valence-electron chi connectivity index (χ2n) is 4.69. The topological polar surface area (TPSA) is 92.5 Å². The van der Waals surface area contributed by atoms with Crippen molar-refractivity contribution in [3.63, 3.8) is 0 Å². The van der Waals surface area contributed by atoms with Crippen LogP contribution in [0.2, 0.25) is 10.0 Å². The van der Waals surface area contributed by atoms with Crippen molar-refractivity contribution in [2.75, 3.05) is 11.9 Å². The van der Waals surface area contributed by atoms with Crippen molar-refractivity contribution in [1.82, 2.24) is 0 Å². The molecule has 0 fully saturated rings. The number of nitrogens with zero attached hydrogens (tertiary/aromatic N) is 1. The molecule has 1 aromatic carbocycles. The van der Waals surface area contributed by atoms with Crippen LogP contribution in [-0.2, 0) is 4.79 Å². The lowest BCUT2D eigenvalue weighted by Gasteiger charge is -2.27. The van der Waals surface area contributed by atoms with E-state index < -0.39 is 16.3 Å². The average Bonchev–Trinajstić information content (AvgIpc) is 2.43. The molecule has 0 saturated heterocycles. The van der Waals surface area contributed by atoms with Crippen LogP contribution in [0.5, 0.6) is 0 Å². The Hall–Kier alpha value is -1.53. The summed E-state index contributed by atoms with van der Waals surface area (Å²) in [5.74, 6) is -0.942. The molecule has 0 amide bonds. The highest BCUT2D eigenvalue weighted by atomic mass is 35.5. The molecular formula is C13H16Cl2N2O4. The minimum absolute atomic E-state index is 0.0636. The molecule has 0 radical (unpaired) electrons. The van der Waals surface area contributed by atoms with E-state index in [9.17, 15) is 20.0 Å². The van der Waals surface area contributed by atoms with Gasteiger partial charge in [-0.15, -0.1) is 0 Å². The number of aliphatic carboxylic acids is 1. The summed E-state index contributed by atoms with van der Waals surface area (Å²) in [6, 6.07) is 2.48. The van der Waals surface area contributed by atoms with Gasteiger partial charge >= 0.3 is 5.97 Å². The highest BCUT2D eigenvalue weighted by Gasteiger charge is 2.35. The second kappa shape index (κ2) is 6.95. The minimum Gasteiger partial charge on any atom is -0.481 e. The SMILES string of the molecule is CCC(CC)(CNc1cc(Cl)c(Cl)cc1[N+](=O)[O-])C(=O)O. The molecule has 1 aromatic rings. The molecule has 0 aliphatic rings. The predicted molar refractivity (Wildman–Crippen MR) is 82.3 cm³/mol. The number of hydrogen-bond donors (Lipinski definition) is 2. The number of nitrogens with one attached hydrogen (secondary N) is 1. The summed E-state index contributed by atoms with van der Waals surface area (Å²) in [4.78, 5) is 21.9. The molecule has 2 N–H and O–H groups in total. The monoisotopic (exact) mass is 334 g/mol. The van der Waals surface area contributed by atoms with Gasteiger partial charge < -0.3 is 10.4 Å². The first-order valence-corrected chi connectivity index (χ1v) is 7.13. The Labute approximate surface area is 132 Å². The van der Waals surface area contributed by atoms with E-state index >= 15 is 0 Å². The molecule has 8 heteroatoms. The fourth-order valence-corrected chi connectivity index (χ4v) is 2.29. The molecule has 0 atom stereocenters. The molecule has 116 valence electrons. The minimum atomic E-state index is -0.986. The molecule has 0 bridgehead atoms. The van der Waals surface area contributed by atoms with E-state index in [2.05, 4.69) is 5.32 Å². The standard InChI is InChI=1S/C13H16Cl2N2O4/c1-3-13(4-2,12(18)19)7-16-10-5-8(14)9(15)6-11(10)17(20)21/h5-6,16H,3-4,7H2,1-2H3,(H,18,19). The molecule has 0 saturated carbocycles. The van der Waals surface area contributed by atoms with E-state index in [1.807, 2.05) is 0 Å². The summed E-state index contributed by atoms with van der Waals surface area (Å²) in [5.41, 5.74) is -1.07. The molecule has 0 aromatic heterocycles. The zero-order valence-corrected chi connectivity index (χ0v) is 13.2. The smallest absolute Gasteiger partial charge is 0.311 e. The van der Waals surface area contributed by atoms with E-state index in [-0.39, 0.29) is 28.0 Å². The number of carbonyl (C=O) groups is 1. The van der Waals surface area contributed by atoms with Crippen LogP contribution in [0.25, 0.3) is 0 Å². The van der Waals surface area contributed by atoms with Crippen molar-refractivity contribution < 1.29 is 14.8 Å². The molecule has 1 rings (SSSR count). The van der Waals surface area contributed by atoms with Gasteiger partial charge in [-0.05, 0) is 18.9 Å². The van der Waals surface area contributed by atoms with Crippen LogP contribution in [-0.4, -0.2) is 22.5 Å². The maximum Gasteiger partial charge on any atom is 0.311 e. The number of benzene rings is 1. The highest BCUT2D eigenvalue weighted by molar-refractivity contribution is 6.42. The fourth-order valence-electron chi connectivity index (χ4n) is 1.97. The zero-order chi connectivity index (χ0) is 16.2. The number of hydrogen-bond acceptors (Lipinski definition) is 4. The van der Waals surface area contributed by atoms with Crippen LogP contribution in [0.15, 0.2) is 12.1 Å². The van der Waals surface area contributed by atoms with Crippen LogP contribution in [0.4, 0.5) is 11.4 Å². The van der Waals surface area contributed by atoms with Gasteiger partial charge in [0, 0.05) is 12.6 Å². The Morgan fingerprint density at radius 2 is 1.86 bits per heavy atom. The van der Waals surface area contributed by atoms with Crippen molar-refractivity contribution in [3.8, 4) is 0 Å².